The quantitative estimate of drug-likeness (QED) is 0.250. The molecule has 0 saturated carbocycles. The molecule has 0 saturated heterocycles. The minimum atomic E-state index is -0.835. The largest absolute Gasteiger partial charge is 0.463 e. The van der Waals surface area contributed by atoms with E-state index in [0.29, 0.717) is 34.0 Å². The Morgan fingerprint density at radius 1 is 0.712 bits per heavy atom. The van der Waals surface area contributed by atoms with Crippen LogP contribution in [0.5, 0.6) is 0 Å². The van der Waals surface area contributed by atoms with Crippen LogP contribution in [0, 0.1) is 5.92 Å². The lowest BCUT2D eigenvalue weighted by atomic mass is 9.83. The van der Waals surface area contributed by atoms with Gasteiger partial charge in [0.15, 0.2) is 0 Å². The highest BCUT2D eigenvalue weighted by Gasteiger charge is 2.44. The molecular formula is C40H36N4O8. The zero-order chi connectivity index (χ0) is 36.5. The van der Waals surface area contributed by atoms with Crippen molar-refractivity contribution in [1.29, 1.82) is 0 Å². The highest BCUT2D eigenvalue weighted by molar-refractivity contribution is 6.45. The molecule has 12 heteroatoms. The number of esters is 4. The molecule has 1 aromatic carbocycles. The summed E-state index contributed by atoms with van der Waals surface area (Å²) in [7, 11) is 0. The molecule has 2 aromatic rings. The van der Waals surface area contributed by atoms with Crippen molar-refractivity contribution in [3.05, 3.63) is 111 Å². The first-order valence-electron chi connectivity index (χ1n) is 17.3. The van der Waals surface area contributed by atoms with E-state index in [1.165, 1.54) is 0 Å². The Bertz CT molecular complexity index is 2310. The predicted molar refractivity (Wildman–Crippen MR) is 193 cm³/mol. The number of ether oxygens (including phenoxy) is 4. The van der Waals surface area contributed by atoms with Crippen LogP contribution < -0.4 is 10.7 Å². The lowest BCUT2D eigenvalue weighted by Gasteiger charge is -2.20. The normalized spacial score (nSPS) is 19.8. The van der Waals surface area contributed by atoms with E-state index in [-0.39, 0.29) is 71.5 Å². The molecule has 2 atom stereocenters. The molecule has 1 N–H and O–H groups in total. The maximum Gasteiger partial charge on any atom is 0.342 e. The van der Waals surface area contributed by atoms with E-state index < -0.39 is 35.8 Å². The summed E-state index contributed by atoms with van der Waals surface area (Å²) in [5.74, 6) is -3.07. The molecule has 0 amide bonds. The molecular weight excluding hydrogens is 664 g/mol. The van der Waals surface area contributed by atoms with Crippen molar-refractivity contribution in [3.8, 4) is 0 Å². The molecule has 0 radical (unpaired) electrons. The number of aliphatic imine (C=N–C) groups is 3. The molecule has 5 aliphatic rings. The van der Waals surface area contributed by atoms with Gasteiger partial charge in [0.05, 0.1) is 77.3 Å². The van der Waals surface area contributed by atoms with Crippen molar-refractivity contribution in [2.24, 2.45) is 20.9 Å². The van der Waals surface area contributed by atoms with Gasteiger partial charge in [-0.05, 0) is 64.0 Å². The lowest BCUT2D eigenvalue weighted by molar-refractivity contribution is -0.138. The van der Waals surface area contributed by atoms with Gasteiger partial charge in [0.2, 0.25) is 0 Å². The number of nitrogens with zero attached hydrogens (tertiary/aromatic N) is 3. The Hall–Kier alpha value is -6.17. The Morgan fingerprint density at radius 2 is 1.35 bits per heavy atom. The first-order valence-corrected chi connectivity index (χ1v) is 17.3. The van der Waals surface area contributed by atoms with E-state index in [1.807, 2.05) is 30.4 Å². The molecule has 1 aliphatic carbocycles. The maximum absolute atomic E-state index is 14.2. The third-order valence-corrected chi connectivity index (χ3v) is 9.06. The summed E-state index contributed by atoms with van der Waals surface area (Å²) in [5.41, 5.74) is 3.48. The smallest absolute Gasteiger partial charge is 0.342 e. The minimum absolute atomic E-state index is 0.0445. The van der Waals surface area contributed by atoms with Gasteiger partial charge in [0, 0.05) is 17.0 Å². The number of nitrogens with one attached hydrogen (secondary N) is 1. The summed E-state index contributed by atoms with van der Waals surface area (Å²) in [6.45, 7) is 7.18. The number of aromatic nitrogens is 1. The molecule has 7 rings (SSSR count). The van der Waals surface area contributed by atoms with Gasteiger partial charge in [-0.25, -0.2) is 29.2 Å². The van der Waals surface area contributed by atoms with Crippen molar-refractivity contribution in [1.82, 2.24) is 4.98 Å². The van der Waals surface area contributed by atoms with Crippen LogP contribution in [0.25, 0.3) is 16.8 Å². The first kappa shape index (κ1) is 34.3. The topological polar surface area (TPSA) is 158 Å². The Kier molecular flexibility index (Phi) is 9.37. The Labute approximate surface area is 299 Å². The summed E-state index contributed by atoms with van der Waals surface area (Å²) in [6, 6.07) is 9.73. The van der Waals surface area contributed by atoms with Crippen LogP contribution >= 0.6 is 0 Å². The van der Waals surface area contributed by atoms with Gasteiger partial charge in [-0.2, -0.15) is 0 Å². The molecule has 12 nitrogen and oxygen atoms in total. The van der Waals surface area contributed by atoms with E-state index in [9.17, 15) is 19.2 Å². The van der Waals surface area contributed by atoms with Crippen LogP contribution in [0.2, 0.25) is 0 Å². The van der Waals surface area contributed by atoms with Crippen LogP contribution in [0.4, 0.5) is 0 Å². The highest BCUT2D eigenvalue weighted by Crippen LogP contribution is 2.42. The van der Waals surface area contributed by atoms with E-state index in [0.717, 1.165) is 5.57 Å². The monoisotopic (exact) mass is 700 g/mol. The van der Waals surface area contributed by atoms with Gasteiger partial charge in [-0.1, -0.05) is 42.5 Å². The SMILES string of the molecule is CCOC(=O)C1=C2C=CC(=N2)C(C(=O)OCC)=c2ccc([nH]2)=C(C(=O)OCC)C2N=C(C3=CCC=CC32)C(C(=O)OCC)=C2N=C1c1ccccc12. The van der Waals surface area contributed by atoms with Gasteiger partial charge in [0.1, 0.15) is 16.7 Å². The summed E-state index contributed by atoms with van der Waals surface area (Å²) in [5, 5.41) is 0.679. The number of rotatable bonds is 8. The van der Waals surface area contributed by atoms with E-state index in [1.54, 1.807) is 64.1 Å². The van der Waals surface area contributed by atoms with Crippen LogP contribution in [0.15, 0.2) is 104 Å². The number of benzene rings is 1. The number of aromatic amines is 1. The van der Waals surface area contributed by atoms with Crippen molar-refractivity contribution >= 4 is 57.9 Å². The van der Waals surface area contributed by atoms with Crippen molar-refractivity contribution < 1.29 is 38.1 Å². The minimum Gasteiger partial charge on any atom is -0.463 e. The van der Waals surface area contributed by atoms with Crippen molar-refractivity contribution in [2.75, 3.05) is 26.4 Å². The number of hydrogen-bond donors (Lipinski definition) is 1. The molecule has 2 unspecified atom stereocenters. The van der Waals surface area contributed by atoms with Gasteiger partial charge in [-0.3, -0.25) is 4.99 Å². The van der Waals surface area contributed by atoms with Crippen molar-refractivity contribution in [3.63, 3.8) is 0 Å². The maximum atomic E-state index is 14.2. The van der Waals surface area contributed by atoms with Crippen molar-refractivity contribution in [2.45, 2.75) is 40.2 Å². The number of fused-ring (bicyclic) bond motifs is 11. The number of hydrogen-bond acceptors (Lipinski definition) is 11. The molecule has 1 aromatic heterocycles. The fraction of sp³-hybridized carbons (Fsp3) is 0.275. The number of H-pyrrole nitrogens is 1. The van der Waals surface area contributed by atoms with Gasteiger partial charge < -0.3 is 23.9 Å². The summed E-state index contributed by atoms with van der Waals surface area (Å²) < 4.78 is 22.3. The second-order valence-electron chi connectivity index (χ2n) is 12.0. The van der Waals surface area contributed by atoms with E-state index in [2.05, 4.69) is 4.98 Å². The Balaban J connectivity index is 1.66. The second kappa shape index (κ2) is 14.2. The molecule has 8 bridgehead atoms. The number of carbonyl (C=O) groups excluding carboxylic acids is 4. The molecule has 0 fully saturated rings. The molecule has 264 valence electrons. The molecule has 5 heterocycles. The summed E-state index contributed by atoms with van der Waals surface area (Å²) >= 11 is 0. The van der Waals surface area contributed by atoms with Crippen LogP contribution in [0.1, 0.15) is 45.2 Å². The number of carbonyl (C=O) groups is 4. The van der Waals surface area contributed by atoms with Gasteiger partial charge in [0.25, 0.3) is 0 Å². The van der Waals surface area contributed by atoms with E-state index in [4.69, 9.17) is 33.9 Å². The number of allylic oxidation sites excluding steroid dienone is 4. The Morgan fingerprint density at radius 3 is 2.06 bits per heavy atom. The summed E-state index contributed by atoms with van der Waals surface area (Å²) in [6.07, 6.45) is 9.70. The second-order valence-corrected chi connectivity index (χ2v) is 12.0. The predicted octanol–water partition coefficient (Wildman–Crippen LogP) is 3.39. The standard InChI is InChI=1S/C40H36N4O8/c1-5-49-37(45)29-25-17-19-27(41-25)30(38(46)50-6-2)33-21-13-9-11-15-23(21)35(43-33)32(40(48)52-8-4)36-24-16-12-10-14-22(24)34(44-36)31(39(47)51-7-3)28-20-18-26(29)42-28/h9-11,13-20,22,34,42H,5-8,12H2,1-4H3. The molecule has 52 heavy (non-hydrogen) atoms. The molecule has 0 spiro atoms. The highest BCUT2D eigenvalue weighted by atomic mass is 16.5. The van der Waals surface area contributed by atoms with Crippen LogP contribution in [0.3, 0.4) is 0 Å². The fourth-order valence-corrected chi connectivity index (χ4v) is 6.97. The molecule has 4 aliphatic heterocycles. The average Bonchev–Trinajstić information content (AvgIpc) is 3.94. The fourth-order valence-electron chi connectivity index (χ4n) is 6.97. The van der Waals surface area contributed by atoms with Crippen LogP contribution in [-0.2, 0) is 38.1 Å². The third-order valence-electron chi connectivity index (χ3n) is 9.06. The third kappa shape index (κ3) is 5.79. The lowest BCUT2D eigenvalue weighted by Crippen LogP contribution is -2.31. The van der Waals surface area contributed by atoms with Crippen LogP contribution in [-0.4, -0.2) is 78.5 Å². The zero-order valence-corrected chi connectivity index (χ0v) is 29.1. The average molecular weight is 701 g/mol. The van der Waals surface area contributed by atoms with E-state index >= 15 is 0 Å². The first-order chi connectivity index (χ1) is 25.3. The summed E-state index contributed by atoms with van der Waals surface area (Å²) in [4.78, 5) is 73.7. The van der Waals surface area contributed by atoms with Gasteiger partial charge >= 0.3 is 23.9 Å². The van der Waals surface area contributed by atoms with Gasteiger partial charge in [-0.15, -0.1) is 0 Å². The zero-order valence-electron chi connectivity index (χ0n) is 29.1.